The molecular weight excluding hydrogens is 262 g/mol. The number of carbonyl (C=O) groups excluding carboxylic acids is 1. The zero-order chi connectivity index (χ0) is 14.5. The Labute approximate surface area is 127 Å². The molecule has 2 fully saturated rings. The molecular formula is C17H25N3O. The molecule has 2 heterocycles. The topological polar surface area (TPSA) is 35.6 Å². The van der Waals surface area contributed by atoms with Gasteiger partial charge in [0.05, 0.1) is 0 Å². The fourth-order valence-electron chi connectivity index (χ4n) is 3.37. The summed E-state index contributed by atoms with van der Waals surface area (Å²) in [6, 6.07) is 10.7. The maximum absolute atomic E-state index is 13.0. The van der Waals surface area contributed by atoms with Crippen LogP contribution >= 0.6 is 0 Å². The Morgan fingerprint density at radius 1 is 1.05 bits per heavy atom. The monoisotopic (exact) mass is 287 g/mol. The van der Waals surface area contributed by atoms with E-state index in [1.54, 1.807) is 0 Å². The van der Waals surface area contributed by atoms with Crippen molar-refractivity contribution < 1.29 is 4.79 Å². The number of carbonyl (C=O) groups is 1. The highest BCUT2D eigenvalue weighted by Crippen LogP contribution is 2.24. The molecule has 4 heteroatoms. The first-order valence-corrected chi connectivity index (χ1v) is 8.20. The van der Waals surface area contributed by atoms with Gasteiger partial charge >= 0.3 is 6.03 Å². The van der Waals surface area contributed by atoms with E-state index in [-0.39, 0.29) is 6.03 Å². The molecule has 114 valence electrons. The molecule has 0 aromatic heterocycles. The smallest absolute Gasteiger partial charge is 0.324 e. The number of rotatable bonds is 2. The predicted octanol–water partition coefficient (Wildman–Crippen LogP) is 2.85. The minimum absolute atomic E-state index is 0.202. The van der Waals surface area contributed by atoms with Crippen molar-refractivity contribution >= 4 is 11.7 Å². The van der Waals surface area contributed by atoms with E-state index in [2.05, 4.69) is 17.4 Å². The van der Waals surface area contributed by atoms with Crippen LogP contribution in [0.1, 0.15) is 32.1 Å². The van der Waals surface area contributed by atoms with E-state index in [0.29, 0.717) is 6.04 Å². The van der Waals surface area contributed by atoms with Gasteiger partial charge in [-0.1, -0.05) is 18.2 Å². The van der Waals surface area contributed by atoms with Crippen LogP contribution in [0.5, 0.6) is 0 Å². The lowest BCUT2D eigenvalue weighted by Gasteiger charge is -2.39. The summed E-state index contributed by atoms with van der Waals surface area (Å²) in [7, 11) is 0. The van der Waals surface area contributed by atoms with Crippen LogP contribution in [0, 0.1) is 0 Å². The molecule has 4 nitrogen and oxygen atoms in total. The minimum atomic E-state index is 0.202. The summed E-state index contributed by atoms with van der Waals surface area (Å²) < 4.78 is 0. The molecule has 2 amide bonds. The van der Waals surface area contributed by atoms with Crippen LogP contribution in [0.25, 0.3) is 0 Å². The van der Waals surface area contributed by atoms with Crippen LogP contribution in [0.4, 0.5) is 10.5 Å². The van der Waals surface area contributed by atoms with Crippen molar-refractivity contribution in [3.05, 3.63) is 30.3 Å². The molecule has 0 atom stereocenters. The van der Waals surface area contributed by atoms with E-state index in [1.165, 1.54) is 6.42 Å². The summed E-state index contributed by atoms with van der Waals surface area (Å²) in [6.07, 6.45) is 5.60. The average molecular weight is 287 g/mol. The Hall–Kier alpha value is -1.55. The van der Waals surface area contributed by atoms with Gasteiger partial charge in [-0.25, -0.2) is 4.79 Å². The first kappa shape index (κ1) is 14.4. The molecule has 0 unspecified atom stereocenters. The van der Waals surface area contributed by atoms with Crippen LogP contribution in [0.15, 0.2) is 30.3 Å². The van der Waals surface area contributed by atoms with Crippen molar-refractivity contribution in [2.75, 3.05) is 31.1 Å². The number of amides is 2. The van der Waals surface area contributed by atoms with Crippen molar-refractivity contribution in [2.45, 2.75) is 38.1 Å². The van der Waals surface area contributed by atoms with E-state index < -0.39 is 0 Å². The van der Waals surface area contributed by atoms with Gasteiger partial charge in [0.25, 0.3) is 0 Å². The number of hydrogen-bond acceptors (Lipinski definition) is 2. The van der Waals surface area contributed by atoms with E-state index in [0.717, 1.165) is 57.5 Å². The Morgan fingerprint density at radius 2 is 1.71 bits per heavy atom. The number of likely N-dealkylation sites (tertiary alicyclic amines) is 1. The third kappa shape index (κ3) is 3.38. The summed E-state index contributed by atoms with van der Waals surface area (Å²) >= 11 is 0. The second-order valence-electron chi connectivity index (χ2n) is 6.02. The SMILES string of the molecule is O=C(N1CCCCC1)N(c1ccccc1)C1CCNCC1. The molecule has 1 aromatic rings. The van der Waals surface area contributed by atoms with Crippen LogP contribution in [0.3, 0.4) is 0 Å². The first-order valence-electron chi connectivity index (χ1n) is 8.20. The Kier molecular flexibility index (Phi) is 4.76. The molecule has 2 aliphatic heterocycles. The van der Waals surface area contributed by atoms with Crippen molar-refractivity contribution in [1.29, 1.82) is 0 Å². The molecule has 1 aromatic carbocycles. The quantitative estimate of drug-likeness (QED) is 0.908. The number of nitrogens with one attached hydrogen (secondary N) is 1. The number of anilines is 1. The molecule has 1 N–H and O–H groups in total. The molecule has 2 saturated heterocycles. The Bertz CT molecular complexity index is 450. The standard InChI is InChI=1S/C17H25N3O/c21-17(19-13-5-2-6-14-19)20(15-7-3-1-4-8-15)16-9-11-18-12-10-16/h1,3-4,7-8,16,18H,2,5-6,9-14H2. The van der Waals surface area contributed by atoms with Crippen LogP contribution < -0.4 is 10.2 Å². The van der Waals surface area contributed by atoms with E-state index in [9.17, 15) is 4.79 Å². The van der Waals surface area contributed by atoms with Crippen molar-refractivity contribution in [3.8, 4) is 0 Å². The summed E-state index contributed by atoms with van der Waals surface area (Å²) in [4.78, 5) is 17.1. The maximum atomic E-state index is 13.0. The molecule has 0 radical (unpaired) electrons. The minimum Gasteiger partial charge on any atom is -0.324 e. The molecule has 0 spiro atoms. The third-order valence-corrected chi connectivity index (χ3v) is 4.54. The second kappa shape index (κ2) is 6.94. The molecule has 0 aliphatic carbocycles. The van der Waals surface area contributed by atoms with Gasteiger partial charge in [-0.05, 0) is 57.3 Å². The number of benzene rings is 1. The van der Waals surface area contributed by atoms with Gasteiger partial charge in [0.15, 0.2) is 0 Å². The van der Waals surface area contributed by atoms with Gasteiger partial charge in [0, 0.05) is 24.8 Å². The summed E-state index contributed by atoms with van der Waals surface area (Å²) in [5.74, 6) is 0. The summed E-state index contributed by atoms with van der Waals surface area (Å²) in [5, 5.41) is 3.39. The molecule has 0 bridgehead atoms. The normalized spacial score (nSPS) is 20.3. The predicted molar refractivity (Wildman–Crippen MR) is 85.6 cm³/mol. The summed E-state index contributed by atoms with van der Waals surface area (Å²) in [6.45, 7) is 3.82. The lowest BCUT2D eigenvalue weighted by atomic mass is 10.0. The van der Waals surface area contributed by atoms with Crippen molar-refractivity contribution in [1.82, 2.24) is 10.2 Å². The molecule has 2 aliphatic rings. The van der Waals surface area contributed by atoms with Crippen molar-refractivity contribution in [3.63, 3.8) is 0 Å². The van der Waals surface area contributed by atoms with E-state index in [4.69, 9.17) is 0 Å². The average Bonchev–Trinajstić information content (AvgIpc) is 2.58. The second-order valence-corrected chi connectivity index (χ2v) is 6.02. The molecule has 0 saturated carbocycles. The largest absolute Gasteiger partial charge is 0.324 e. The Balaban J connectivity index is 1.82. The van der Waals surface area contributed by atoms with Gasteiger partial charge in [0.1, 0.15) is 0 Å². The van der Waals surface area contributed by atoms with Gasteiger partial charge in [-0.3, -0.25) is 4.90 Å². The van der Waals surface area contributed by atoms with Gasteiger partial charge in [-0.15, -0.1) is 0 Å². The number of hydrogen-bond donors (Lipinski definition) is 1. The molecule has 21 heavy (non-hydrogen) atoms. The van der Waals surface area contributed by atoms with Gasteiger partial charge in [0.2, 0.25) is 0 Å². The van der Waals surface area contributed by atoms with E-state index in [1.807, 2.05) is 28.0 Å². The fourth-order valence-corrected chi connectivity index (χ4v) is 3.37. The summed E-state index contributed by atoms with van der Waals surface area (Å²) in [5.41, 5.74) is 1.04. The number of para-hydroxylation sites is 1. The third-order valence-electron chi connectivity index (χ3n) is 4.54. The molecule has 3 rings (SSSR count). The number of nitrogens with zero attached hydrogens (tertiary/aromatic N) is 2. The highest BCUT2D eigenvalue weighted by atomic mass is 16.2. The lowest BCUT2D eigenvalue weighted by molar-refractivity contribution is 0.189. The highest BCUT2D eigenvalue weighted by Gasteiger charge is 2.30. The first-order chi connectivity index (χ1) is 10.4. The van der Waals surface area contributed by atoms with E-state index >= 15 is 0 Å². The van der Waals surface area contributed by atoms with Crippen LogP contribution in [-0.4, -0.2) is 43.2 Å². The van der Waals surface area contributed by atoms with Crippen molar-refractivity contribution in [2.24, 2.45) is 0 Å². The highest BCUT2D eigenvalue weighted by molar-refractivity contribution is 5.92. The zero-order valence-corrected chi connectivity index (χ0v) is 12.6. The number of urea groups is 1. The zero-order valence-electron chi connectivity index (χ0n) is 12.6. The Morgan fingerprint density at radius 3 is 2.38 bits per heavy atom. The van der Waals surface area contributed by atoms with Gasteiger partial charge in [-0.2, -0.15) is 0 Å². The van der Waals surface area contributed by atoms with Gasteiger partial charge < -0.3 is 10.2 Å². The number of piperidine rings is 2. The van der Waals surface area contributed by atoms with Crippen LogP contribution in [-0.2, 0) is 0 Å². The lowest BCUT2D eigenvalue weighted by Crippen LogP contribution is -2.52. The fraction of sp³-hybridized carbons (Fsp3) is 0.588. The van der Waals surface area contributed by atoms with Crippen LogP contribution in [0.2, 0.25) is 0 Å². The maximum Gasteiger partial charge on any atom is 0.324 e.